The molecule has 14 heavy (non-hydrogen) atoms. The Hall–Kier alpha value is -0.560. The van der Waals surface area contributed by atoms with E-state index in [1.165, 1.54) is 13.2 Å². The number of anilines is 1. The number of halogens is 3. The SMILES string of the molecule is COC(=O)c1cc(I)c(Cl)c(F)c1N. The highest BCUT2D eigenvalue weighted by Gasteiger charge is 2.18. The van der Waals surface area contributed by atoms with E-state index in [2.05, 4.69) is 4.74 Å². The van der Waals surface area contributed by atoms with Crippen LogP contribution in [-0.4, -0.2) is 13.1 Å². The molecule has 0 aliphatic rings. The van der Waals surface area contributed by atoms with Crippen molar-refractivity contribution in [2.24, 2.45) is 0 Å². The number of rotatable bonds is 1. The molecular weight excluding hydrogens is 323 g/mol. The zero-order valence-electron chi connectivity index (χ0n) is 7.11. The van der Waals surface area contributed by atoms with Crippen LogP contribution in [0.2, 0.25) is 5.02 Å². The lowest BCUT2D eigenvalue weighted by Gasteiger charge is -2.07. The van der Waals surface area contributed by atoms with Gasteiger partial charge in [-0.2, -0.15) is 0 Å². The van der Waals surface area contributed by atoms with Crippen molar-refractivity contribution in [3.8, 4) is 0 Å². The Morgan fingerprint density at radius 2 is 2.29 bits per heavy atom. The van der Waals surface area contributed by atoms with Crippen molar-refractivity contribution in [3.05, 3.63) is 26.0 Å². The average Bonchev–Trinajstić information content (AvgIpc) is 2.19. The van der Waals surface area contributed by atoms with Gasteiger partial charge in [-0.15, -0.1) is 0 Å². The molecular formula is C8H6ClFINO2. The van der Waals surface area contributed by atoms with E-state index < -0.39 is 11.8 Å². The van der Waals surface area contributed by atoms with Crippen LogP contribution in [0.3, 0.4) is 0 Å². The van der Waals surface area contributed by atoms with Gasteiger partial charge in [-0.3, -0.25) is 0 Å². The monoisotopic (exact) mass is 329 g/mol. The summed E-state index contributed by atoms with van der Waals surface area (Å²) in [6, 6.07) is 1.38. The minimum atomic E-state index is -0.793. The molecule has 0 amide bonds. The van der Waals surface area contributed by atoms with E-state index in [4.69, 9.17) is 17.3 Å². The molecule has 76 valence electrons. The summed E-state index contributed by atoms with van der Waals surface area (Å²) in [6.45, 7) is 0. The Morgan fingerprint density at radius 1 is 1.71 bits per heavy atom. The third-order valence-electron chi connectivity index (χ3n) is 1.61. The normalized spacial score (nSPS) is 10.0. The molecule has 0 bridgehead atoms. The first kappa shape index (κ1) is 11.5. The van der Waals surface area contributed by atoms with Gasteiger partial charge in [0.15, 0.2) is 5.82 Å². The Labute approximate surface area is 98.5 Å². The van der Waals surface area contributed by atoms with Gasteiger partial charge in [0.2, 0.25) is 0 Å². The van der Waals surface area contributed by atoms with Gasteiger partial charge in [0.25, 0.3) is 0 Å². The number of carbonyl (C=O) groups excluding carboxylic acids is 1. The fraction of sp³-hybridized carbons (Fsp3) is 0.125. The van der Waals surface area contributed by atoms with Gasteiger partial charge < -0.3 is 10.5 Å². The average molecular weight is 329 g/mol. The molecule has 1 aromatic rings. The summed E-state index contributed by atoms with van der Waals surface area (Å²) in [6.07, 6.45) is 0. The summed E-state index contributed by atoms with van der Waals surface area (Å²) in [5.74, 6) is -1.48. The molecule has 0 heterocycles. The van der Waals surface area contributed by atoms with E-state index in [1.807, 2.05) is 0 Å². The lowest BCUT2D eigenvalue weighted by molar-refractivity contribution is 0.0601. The molecule has 2 N–H and O–H groups in total. The summed E-state index contributed by atoms with van der Waals surface area (Å²) in [5.41, 5.74) is 5.06. The minimum absolute atomic E-state index is 0.0150. The molecule has 0 aliphatic carbocycles. The molecule has 3 nitrogen and oxygen atoms in total. The largest absolute Gasteiger partial charge is 0.465 e. The van der Waals surface area contributed by atoms with E-state index in [0.717, 1.165) is 0 Å². The number of nitrogens with two attached hydrogens (primary N) is 1. The van der Waals surface area contributed by atoms with Crippen molar-refractivity contribution in [2.45, 2.75) is 0 Å². The quantitative estimate of drug-likeness (QED) is 0.373. The lowest BCUT2D eigenvalue weighted by Crippen LogP contribution is -2.08. The summed E-state index contributed by atoms with van der Waals surface area (Å²) >= 11 is 7.39. The van der Waals surface area contributed by atoms with Gasteiger partial charge in [-0.25, -0.2) is 9.18 Å². The van der Waals surface area contributed by atoms with Gasteiger partial charge in [0, 0.05) is 3.57 Å². The smallest absolute Gasteiger partial charge is 0.340 e. The van der Waals surface area contributed by atoms with Crippen LogP contribution in [-0.2, 0) is 4.74 Å². The Kier molecular flexibility index (Phi) is 3.54. The summed E-state index contributed by atoms with van der Waals surface area (Å²) in [4.78, 5) is 11.1. The van der Waals surface area contributed by atoms with Crippen LogP contribution in [0.15, 0.2) is 6.07 Å². The third kappa shape index (κ3) is 1.93. The number of nitrogen functional groups attached to an aromatic ring is 1. The van der Waals surface area contributed by atoms with E-state index in [-0.39, 0.29) is 16.3 Å². The second-order valence-corrected chi connectivity index (χ2v) is 3.98. The molecule has 0 saturated heterocycles. The van der Waals surface area contributed by atoms with Crippen molar-refractivity contribution in [3.63, 3.8) is 0 Å². The summed E-state index contributed by atoms with van der Waals surface area (Å²) < 4.78 is 18.1. The molecule has 6 heteroatoms. The highest BCUT2D eigenvalue weighted by molar-refractivity contribution is 14.1. The molecule has 0 unspecified atom stereocenters. The van der Waals surface area contributed by atoms with Gasteiger partial charge in [-0.1, -0.05) is 11.6 Å². The number of carbonyl (C=O) groups is 1. The topological polar surface area (TPSA) is 52.3 Å². The highest BCUT2D eigenvalue weighted by Crippen LogP contribution is 2.29. The predicted octanol–water partition coefficient (Wildman–Crippen LogP) is 2.45. The lowest BCUT2D eigenvalue weighted by atomic mass is 10.2. The van der Waals surface area contributed by atoms with Crippen molar-refractivity contribution < 1.29 is 13.9 Å². The fourth-order valence-electron chi connectivity index (χ4n) is 0.888. The summed E-state index contributed by atoms with van der Waals surface area (Å²) in [5, 5.41) is -0.0873. The van der Waals surface area contributed by atoms with Crippen LogP contribution in [0.5, 0.6) is 0 Å². The van der Waals surface area contributed by atoms with Crippen LogP contribution in [0.25, 0.3) is 0 Å². The first-order chi connectivity index (χ1) is 6.49. The number of methoxy groups -OCH3 is 1. The number of hydrogen-bond donors (Lipinski definition) is 1. The molecule has 0 saturated carbocycles. The predicted molar refractivity (Wildman–Crippen MR) is 59.9 cm³/mol. The van der Waals surface area contributed by atoms with Crippen molar-refractivity contribution in [2.75, 3.05) is 12.8 Å². The van der Waals surface area contributed by atoms with Crippen LogP contribution in [0.1, 0.15) is 10.4 Å². The van der Waals surface area contributed by atoms with Crippen molar-refractivity contribution in [1.82, 2.24) is 0 Å². The zero-order valence-corrected chi connectivity index (χ0v) is 10.0. The number of benzene rings is 1. The molecule has 0 fully saturated rings. The maximum Gasteiger partial charge on any atom is 0.340 e. The van der Waals surface area contributed by atoms with E-state index in [0.29, 0.717) is 3.57 Å². The van der Waals surface area contributed by atoms with Gasteiger partial charge >= 0.3 is 5.97 Å². The standard InChI is InChI=1S/C8H6ClFINO2/c1-14-8(13)3-2-4(11)5(9)6(10)7(3)12/h2H,12H2,1H3. The Bertz CT molecular complexity index is 397. The maximum atomic E-state index is 13.3. The summed E-state index contributed by atoms with van der Waals surface area (Å²) in [7, 11) is 1.20. The Morgan fingerprint density at radius 3 is 2.79 bits per heavy atom. The minimum Gasteiger partial charge on any atom is -0.465 e. The Balaban J connectivity index is 3.40. The third-order valence-corrected chi connectivity index (χ3v) is 3.14. The highest BCUT2D eigenvalue weighted by atomic mass is 127. The van der Waals surface area contributed by atoms with Gasteiger partial charge in [-0.05, 0) is 28.7 Å². The van der Waals surface area contributed by atoms with Crippen LogP contribution >= 0.6 is 34.2 Å². The molecule has 1 aromatic carbocycles. The van der Waals surface area contributed by atoms with Gasteiger partial charge in [0.05, 0.1) is 23.4 Å². The van der Waals surface area contributed by atoms with Crippen molar-refractivity contribution >= 4 is 45.8 Å². The molecule has 0 aromatic heterocycles. The van der Waals surface area contributed by atoms with Gasteiger partial charge in [0.1, 0.15) is 0 Å². The first-order valence-corrected chi connectivity index (χ1v) is 4.96. The molecule has 0 radical (unpaired) electrons. The second-order valence-electron chi connectivity index (χ2n) is 2.44. The number of hydrogen-bond acceptors (Lipinski definition) is 3. The molecule has 0 atom stereocenters. The molecule has 1 rings (SSSR count). The van der Waals surface area contributed by atoms with E-state index in [1.54, 1.807) is 22.6 Å². The van der Waals surface area contributed by atoms with E-state index in [9.17, 15) is 9.18 Å². The number of esters is 1. The molecule has 0 aliphatic heterocycles. The first-order valence-electron chi connectivity index (χ1n) is 3.50. The van der Waals surface area contributed by atoms with E-state index >= 15 is 0 Å². The second kappa shape index (κ2) is 4.31. The van der Waals surface area contributed by atoms with Crippen LogP contribution in [0.4, 0.5) is 10.1 Å². The van der Waals surface area contributed by atoms with Crippen LogP contribution < -0.4 is 5.73 Å². The van der Waals surface area contributed by atoms with Crippen LogP contribution in [0, 0.1) is 9.39 Å². The zero-order chi connectivity index (χ0) is 10.9. The fourth-order valence-corrected chi connectivity index (χ4v) is 1.59. The number of ether oxygens (including phenoxy) is 1. The molecule has 0 spiro atoms. The maximum absolute atomic E-state index is 13.3. The van der Waals surface area contributed by atoms with Crippen molar-refractivity contribution in [1.29, 1.82) is 0 Å².